The number of hydrogen-bond donors (Lipinski definition) is 1. The van der Waals surface area contributed by atoms with Crippen molar-refractivity contribution in [1.82, 2.24) is 4.98 Å². The number of nitrogens with zero attached hydrogens (tertiary/aromatic N) is 2. The molecule has 1 saturated heterocycles. The fourth-order valence-corrected chi connectivity index (χ4v) is 4.49. The highest BCUT2D eigenvalue weighted by atomic mass is 35.5. The molecule has 4 rings (SSSR count). The molecule has 2 atom stereocenters. The van der Waals surface area contributed by atoms with Crippen LogP contribution in [0.3, 0.4) is 0 Å². The monoisotopic (exact) mass is 521 g/mol. The van der Waals surface area contributed by atoms with Gasteiger partial charge in [-0.1, -0.05) is 48.0 Å². The SMILES string of the molecule is Cc1cc(C(C)Nc2ccc(Cl)nc2C(=O)OC(C)(C)C)cc(N2C(=O)OC[C@@H]2Cc2ccccc2)c1. The molecule has 0 spiro atoms. The van der Waals surface area contributed by atoms with E-state index in [1.165, 1.54) is 0 Å². The molecule has 1 unspecified atom stereocenters. The van der Waals surface area contributed by atoms with Crippen LogP contribution in [0.25, 0.3) is 0 Å². The van der Waals surface area contributed by atoms with E-state index in [1.54, 1.807) is 37.8 Å². The third-order valence-corrected chi connectivity index (χ3v) is 6.17. The summed E-state index contributed by atoms with van der Waals surface area (Å²) in [6.07, 6.45) is 0.339. The molecule has 0 aliphatic carbocycles. The smallest absolute Gasteiger partial charge is 0.414 e. The Balaban J connectivity index is 1.60. The van der Waals surface area contributed by atoms with Crippen molar-refractivity contribution in [1.29, 1.82) is 0 Å². The van der Waals surface area contributed by atoms with Gasteiger partial charge in [0, 0.05) is 11.7 Å². The van der Waals surface area contributed by atoms with E-state index in [0.29, 0.717) is 18.7 Å². The number of ether oxygens (including phenoxy) is 2. The van der Waals surface area contributed by atoms with Crippen molar-refractivity contribution in [3.63, 3.8) is 0 Å². The number of aromatic nitrogens is 1. The van der Waals surface area contributed by atoms with Gasteiger partial charge in [0.15, 0.2) is 5.69 Å². The summed E-state index contributed by atoms with van der Waals surface area (Å²) in [6, 6.07) is 19.1. The molecule has 1 fully saturated rings. The molecule has 7 nitrogen and oxygen atoms in total. The lowest BCUT2D eigenvalue weighted by atomic mass is 10.0. The number of anilines is 2. The van der Waals surface area contributed by atoms with E-state index in [9.17, 15) is 9.59 Å². The Bertz CT molecular complexity index is 1290. The number of esters is 1. The standard InChI is InChI=1S/C29H32ClN3O4/c1-18-13-21(19(2)31-24-11-12-25(30)32-26(24)27(34)37-29(3,4)5)16-22(14-18)33-23(17-36-28(33)35)15-20-9-7-6-8-10-20/h6-14,16,19,23,31H,15,17H2,1-5H3/t19?,23-/m0/s1. The Hall–Kier alpha value is -3.58. The molecule has 0 saturated carbocycles. The summed E-state index contributed by atoms with van der Waals surface area (Å²) in [4.78, 5) is 31.5. The van der Waals surface area contributed by atoms with Gasteiger partial charge in [0.2, 0.25) is 0 Å². The Morgan fingerprint density at radius 1 is 1.19 bits per heavy atom. The maximum Gasteiger partial charge on any atom is 0.414 e. The van der Waals surface area contributed by atoms with Crippen LogP contribution in [-0.4, -0.2) is 35.3 Å². The lowest BCUT2D eigenvalue weighted by molar-refractivity contribution is 0.00639. The van der Waals surface area contributed by atoms with E-state index in [4.69, 9.17) is 21.1 Å². The van der Waals surface area contributed by atoms with Gasteiger partial charge in [-0.25, -0.2) is 14.6 Å². The van der Waals surface area contributed by atoms with Crippen molar-refractivity contribution in [2.75, 3.05) is 16.8 Å². The van der Waals surface area contributed by atoms with E-state index in [2.05, 4.69) is 22.4 Å². The maximum absolute atomic E-state index is 12.8. The molecule has 1 aliphatic rings. The van der Waals surface area contributed by atoms with Crippen molar-refractivity contribution >= 4 is 35.0 Å². The summed E-state index contributed by atoms with van der Waals surface area (Å²) in [5, 5.41) is 3.57. The third kappa shape index (κ3) is 6.60. The molecule has 3 aromatic rings. The zero-order valence-corrected chi connectivity index (χ0v) is 22.5. The van der Waals surface area contributed by atoms with Crippen LogP contribution in [-0.2, 0) is 15.9 Å². The van der Waals surface area contributed by atoms with Crippen LogP contribution >= 0.6 is 11.6 Å². The van der Waals surface area contributed by atoms with E-state index >= 15 is 0 Å². The second-order valence-corrected chi connectivity index (χ2v) is 10.7. The minimum absolute atomic E-state index is 0.105. The summed E-state index contributed by atoms with van der Waals surface area (Å²) >= 11 is 6.09. The fraction of sp³-hybridized carbons (Fsp3) is 0.345. The molecule has 37 heavy (non-hydrogen) atoms. The van der Waals surface area contributed by atoms with Crippen LogP contribution < -0.4 is 10.2 Å². The lowest BCUT2D eigenvalue weighted by Crippen LogP contribution is -2.35. The van der Waals surface area contributed by atoms with Gasteiger partial charge in [0.05, 0.1) is 11.7 Å². The number of carbonyl (C=O) groups is 2. The lowest BCUT2D eigenvalue weighted by Gasteiger charge is -2.25. The number of aryl methyl sites for hydroxylation is 1. The highest BCUT2D eigenvalue weighted by Crippen LogP contribution is 2.31. The van der Waals surface area contributed by atoms with Gasteiger partial charge < -0.3 is 14.8 Å². The normalized spacial score (nSPS) is 16.3. The van der Waals surface area contributed by atoms with Gasteiger partial charge >= 0.3 is 12.1 Å². The number of amides is 1. The number of pyridine rings is 1. The van der Waals surface area contributed by atoms with Crippen LogP contribution in [0, 0.1) is 6.92 Å². The van der Waals surface area contributed by atoms with E-state index < -0.39 is 11.6 Å². The minimum atomic E-state index is -0.671. The third-order valence-electron chi connectivity index (χ3n) is 5.96. The average Bonchev–Trinajstić information content (AvgIpc) is 3.19. The highest BCUT2D eigenvalue weighted by Gasteiger charge is 2.34. The second-order valence-electron chi connectivity index (χ2n) is 10.3. The first-order valence-corrected chi connectivity index (χ1v) is 12.7. The number of halogens is 1. The predicted molar refractivity (Wildman–Crippen MR) is 145 cm³/mol. The first-order chi connectivity index (χ1) is 17.5. The summed E-state index contributed by atoms with van der Waals surface area (Å²) in [5.74, 6) is -0.557. The zero-order chi connectivity index (χ0) is 26.7. The molecule has 1 amide bonds. The highest BCUT2D eigenvalue weighted by molar-refractivity contribution is 6.29. The van der Waals surface area contributed by atoms with Gasteiger partial charge in [-0.15, -0.1) is 0 Å². The predicted octanol–water partition coefficient (Wildman–Crippen LogP) is 6.74. The Morgan fingerprint density at radius 2 is 1.92 bits per heavy atom. The molecular weight excluding hydrogens is 490 g/mol. The summed E-state index contributed by atoms with van der Waals surface area (Å²) in [7, 11) is 0. The van der Waals surface area contributed by atoms with Crippen LogP contribution in [0.2, 0.25) is 5.15 Å². The van der Waals surface area contributed by atoms with Gasteiger partial charge in [0.1, 0.15) is 17.4 Å². The number of hydrogen-bond acceptors (Lipinski definition) is 6. The zero-order valence-electron chi connectivity index (χ0n) is 21.7. The van der Waals surface area contributed by atoms with Gasteiger partial charge in [-0.2, -0.15) is 0 Å². The quantitative estimate of drug-likeness (QED) is 0.274. The molecule has 0 radical (unpaired) electrons. The minimum Gasteiger partial charge on any atom is -0.455 e. The molecular formula is C29H32ClN3O4. The van der Waals surface area contributed by atoms with E-state index in [1.807, 2.05) is 50.2 Å². The molecule has 1 N–H and O–H groups in total. The van der Waals surface area contributed by atoms with Crippen LogP contribution in [0.5, 0.6) is 0 Å². The fourth-order valence-electron chi connectivity index (χ4n) is 4.34. The summed E-state index contributed by atoms with van der Waals surface area (Å²) in [6.45, 7) is 9.70. The second kappa shape index (κ2) is 10.8. The first kappa shape index (κ1) is 26.5. The molecule has 194 valence electrons. The molecule has 1 aliphatic heterocycles. The van der Waals surface area contributed by atoms with E-state index in [-0.39, 0.29) is 29.0 Å². The summed E-state index contributed by atoms with van der Waals surface area (Å²) < 4.78 is 11.0. The van der Waals surface area contributed by atoms with Gasteiger partial charge in [0.25, 0.3) is 0 Å². The molecule has 2 aromatic carbocycles. The van der Waals surface area contributed by atoms with Gasteiger partial charge in [-0.05, 0) is 82.0 Å². The summed E-state index contributed by atoms with van der Waals surface area (Å²) in [5.41, 5.74) is 3.82. The molecule has 8 heteroatoms. The molecule has 1 aromatic heterocycles. The van der Waals surface area contributed by atoms with Crippen LogP contribution in [0.4, 0.5) is 16.2 Å². The maximum atomic E-state index is 12.8. The van der Waals surface area contributed by atoms with Gasteiger partial charge in [-0.3, -0.25) is 4.90 Å². The van der Waals surface area contributed by atoms with Crippen molar-refractivity contribution in [3.05, 3.63) is 88.2 Å². The Labute approximate surface area is 222 Å². The Morgan fingerprint density at radius 3 is 2.62 bits per heavy atom. The number of cyclic esters (lactones) is 1. The number of carbonyl (C=O) groups excluding carboxylic acids is 2. The largest absolute Gasteiger partial charge is 0.455 e. The van der Waals surface area contributed by atoms with Crippen molar-refractivity contribution < 1.29 is 19.1 Å². The van der Waals surface area contributed by atoms with Crippen LogP contribution in [0.1, 0.15) is 60.9 Å². The van der Waals surface area contributed by atoms with Crippen LogP contribution in [0.15, 0.2) is 60.7 Å². The number of rotatable bonds is 7. The molecule has 0 bridgehead atoms. The average molecular weight is 522 g/mol. The van der Waals surface area contributed by atoms with E-state index in [0.717, 1.165) is 22.4 Å². The Kier molecular flexibility index (Phi) is 7.73. The molecule has 2 heterocycles. The van der Waals surface area contributed by atoms with Crippen molar-refractivity contribution in [3.8, 4) is 0 Å². The number of benzene rings is 2. The topological polar surface area (TPSA) is 80.8 Å². The van der Waals surface area contributed by atoms with Crippen molar-refractivity contribution in [2.24, 2.45) is 0 Å². The van der Waals surface area contributed by atoms with Crippen molar-refractivity contribution in [2.45, 2.75) is 58.7 Å². The number of nitrogens with one attached hydrogen (secondary N) is 1. The first-order valence-electron chi connectivity index (χ1n) is 12.3.